The Balaban J connectivity index is 1.93. The third kappa shape index (κ3) is 2.75. The summed E-state index contributed by atoms with van der Waals surface area (Å²) in [4.78, 5) is 11.2. The largest absolute Gasteiger partial charge is 0.490 e. The summed E-state index contributed by atoms with van der Waals surface area (Å²) in [5.41, 5.74) is 4.66. The summed E-state index contributed by atoms with van der Waals surface area (Å²) in [5.74, 6) is -3.40. The van der Waals surface area contributed by atoms with E-state index < -0.39 is 23.1 Å². The number of carboxylic acid groups (broad SMARTS) is 1. The van der Waals surface area contributed by atoms with Gasteiger partial charge in [-0.3, -0.25) is 4.79 Å². The molecule has 2 atom stereocenters. The van der Waals surface area contributed by atoms with Gasteiger partial charge in [0.15, 0.2) is 11.6 Å². The number of aliphatic carboxylic acids is 1. The van der Waals surface area contributed by atoms with Crippen LogP contribution in [0.2, 0.25) is 0 Å². The van der Waals surface area contributed by atoms with Gasteiger partial charge in [-0.15, -0.1) is 0 Å². The van der Waals surface area contributed by atoms with E-state index in [2.05, 4.69) is 0 Å². The number of hydrogen-bond donors (Lipinski definition) is 2. The van der Waals surface area contributed by atoms with Crippen LogP contribution < -0.4 is 10.5 Å². The molecule has 2 unspecified atom stereocenters. The average Bonchev–Trinajstić information content (AvgIpc) is 2.78. The summed E-state index contributed by atoms with van der Waals surface area (Å²) in [6.45, 7) is 0.108. The summed E-state index contributed by atoms with van der Waals surface area (Å²) in [5, 5.41) is 9.16. The van der Waals surface area contributed by atoms with Gasteiger partial charge in [-0.05, 0) is 37.3 Å². The van der Waals surface area contributed by atoms with Crippen LogP contribution >= 0.6 is 0 Å². The Morgan fingerprint density at radius 2 is 2.25 bits per heavy atom. The molecule has 4 nitrogen and oxygen atoms in total. The van der Waals surface area contributed by atoms with E-state index in [1.165, 1.54) is 12.1 Å². The minimum absolute atomic E-state index is 0.108. The fourth-order valence-electron chi connectivity index (χ4n) is 2.69. The Morgan fingerprint density at radius 3 is 2.95 bits per heavy atom. The van der Waals surface area contributed by atoms with E-state index in [9.17, 15) is 13.6 Å². The van der Waals surface area contributed by atoms with Crippen molar-refractivity contribution in [2.24, 2.45) is 11.7 Å². The van der Waals surface area contributed by atoms with E-state index in [0.717, 1.165) is 12.5 Å². The fourth-order valence-corrected chi connectivity index (χ4v) is 2.69. The molecule has 6 heteroatoms. The number of carboxylic acids is 1. The molecule has 0 spiro atoms. The zero-order valence-corrected chi connectivity index (χ0v) is 10.9. The van der Waals surface area contributed by atoms with Gasteiger partial charge in [-0.25, -0.2) is 4.39 Å². The van der Waals surface area contributed by atoms with Crippen molar-refractivity contribution in [3.05, 3.63) is 29.8 Å². The lowest BCUT2D eigenvalue weighted by molar-refractivity contribution is -0.144. The highest BCUT2D eigenvalue weighted by Gasteiger charge is 2.45. The van der Waals surface area contributed by atoms with Gasteiger partial charge in [0.1, 0.15) is 5.54 Å². The number of rotatable bonds is 5. The molecule has 1 aliphatic carbocycles. The molecule has 1 aromatic rings. The monoisotopic (exact) mass is 285 g/mol. The average molecular weight is 285 g/mol. The normalized spacial score (nSPS) is 25.6. The fraction of sp³-hybridized carbons (Fsp3) is 0.500. The molecule has 1 saturated carbocycles. The molecule has 1 aromatic carbocycles. The predicted octanol–water partition coefficient (Wildman–Crippen LogP) is 2.32. The highest BCUT2D eigenvalue weighted by Crippen LogP contribution is 2.36. The molecular formula is C14H17F2NO3. The van der Waals surface area contributed by atoms with Crippen LogP contribution in [0.4, 0.5) is 8.78 Å². The van der Waals surface area contributed by atoms with Crippen molar-refractivity contribution in [1.82, 2.24) is 0 Å². The Hall–Kier alpha value is -1.69. The lowest BCUT2D eigenvalue weighted by atomic mass is 9.86. The first-order valence-corrected chi connectivity index (χ1v) is 6.54. The van der Waals surface area contributed by atoms with E-state index >= 15 is 0 Å². The van der Waals surface area contributed by atoms with Gasteiger partial charge in [0.25, 0.3) is 0 Å². The summed E-state index contributed by atoms with van der Waals surface area (Å²) in [6.07, 6.45) is 2.29. The Bertz CT molecular complexity index is 509. The summed E-state index contributed by atoms with van der Waals surface area (Å²) >= 11 is 0. The molecule has 0 aliphatic heterocycles. The van der Waals surface area contributed by atoms with Crippen molar-refractivity contribution in [2.45, 2.75) is 31.2 Å². The number of hydrogen-bond acceptors (Lipinski definition) is 3. The van der Waals surface area contributed by atoms with Gasteiger partial charge >= 0.3 is 5.97 Å². The first-order valence-electron chi connectivity index (χ1n) is 6.54. The molecule has 0 amide bonds. The van der Waals surface area contributed by atoms with Crippen molar-refractivity contribution in [3.8, 4) is 5.75 Å². The second-order valence-corrected chi connectivity index (χ2v) is 5.12. The van der Waals surface area contributed by atoms with Crippen molar-refractivity contribution < 1.29 is 23.4 Å². The highest BCUT2D eigenvalue weighted by atomic mass is 19.2. The van der Waals surface area contributed by atoms with Gasteiger partial charge in [0.05, 0.1) is 6.61 Å². The first-order chi connectivity index (χ1) is 9.45. The number of carbonyl (C=O) groups is 1. The quantitative estimate of drug-likeness (QED) is 0.870. The van der Waals surface area contributed by atoms with Gasteiger partial charge in [0, 0.05) is 0 Å². The van der Waals surface area contributed by atoms with E-state index in [0.29, 0.717) is 19.3 Å². The molecule has 2 rings (SSSR count). The van der Waals surface area contributed by atoms with Crippen LogP contribution in [0.1, 0.15) is 25.7 Å². The van der Waals surface area contributed by atoms with Crippen molar-refractivity contribution >= 4 is 5.97 Å². The van der Waals surface area contributed by atoms with Crippen LogP contribution in [-0.2, 0) is 4.79 Å². The van der Waals surface area contributed by atoms with Crippen molar-refractivity contribution in [1.29, 1.82) is 0 Å². The molecule has 0 heterocycles. The zero-order valence-electron chi connectivity index (χ0n) is 10.9. The molecular weight excluding hydrogens is 268 g/mol. The minimum Gasteiger partial charge on any atom is -0.490 e. The Morgan fingerprint density at radius 1 is 1.50 bits per heavy atom. The van der Waals surface area contributed by atoms with E-state index in [1.807, 2.05) is 0 Å². The predicted molar refractivity (Wildman–Crippen MR) is 68.4 cm³/mol. The third-order valence-electron chi connectivity index (χ3n) is 3.91. The van der Waals surface area contributed by atoms with Crippen LogP contribution in [-0.4, -0.2) is 23.2 Å². The van der Waals surface area contributed by atoms with Crippen LogP contribution in [0.15, 0.2) is 18.2 Å². The van der Waals surface area contributed by atoms with Crippen LogP contribution in [0, 0.1) is 17.6 Å². The topological polar surface area (TPSA) is 72.6 Å². The van der Waals surface area contributed by atoms with E-state index in [4.69, 9.17) is 15.6 Å². The maximum absolute atomic E-state index is 13.4. The lowest BCUT2D eigenvalue weighted by Gasteiger charge is -2.26. The third-order valence-corrected chi connectivity index (χ3v) is 3.91. The molecule has 20 heavy (non-hydrogen) atoms. The smallest absolute Gasteiger partial charge is 0.323 e. The lowest BCUT2D eigenvalue weighted by Crippen LogP contribution is -2.51. The minimum atomic E-state index is -1.23. The molecule has 0 saturated heterocycles. The van der Waals surface area contributed by atoms with Gasteiger partial charge in [-0.1, -0.05) is 12.5 Å². The van der Waals surface area contributed by atoms with Crippen LogP contribution in [0.5, 0.6) is 5.75 Å². The standard InChI is InChI=1S/C14H17F2NO3/c15-10-4-1-5-11(12(10)16)20-8-6-9-3-2-7-14(9,17)13(18)19/h1,4-5,9H,2-3,6-8,17H2,(H,18,19). The van der Waals surface area contributed by atoms with Crippen molar-refractivity contribution in [3.63, 3.8) is 0 Å². The second kappa shape index (κ2) is 5.75. The molecule has 0 bridgehead atoms. The van der Waals surface area contributed by atoms with Gasteiger partial charge < -0.3 is 15.6 Å². The van der Waals surface area contributed by atoms with Crippen LogP contribution in [0.3, 0.4) is 0 Å². The van der Waals surface area contributed by atoms with Crippen molar-refractivity contribution in [2.75, 3.05) is 6.61 Å². The van der Waals surface area contributed by atoms with E-state index in [1.54, 1.807) is 0 Å². The number of ether oxygens (including phenoxy) is 1. The molecule has 0 radical (unpaired) electrons. The summed E-state index contributed by atoms with van der Waals surface area (Å²) in [7, 11) is 0. The Labute approximate surface area is 115 Å². The van der Waals surface area contributed by atoms with E-state index in [-0.39, 0.29) is 18.3 Å². The second-order valence-electron chi connectivity index (χ2n) is 5.12. The van der Waals surface area contributed by atoms with Gasteiger partial charge in [0.2, 0.25) is 5.82 Å². The number of halogens is 2. The zero-order chi connectivity index (χ0) is 14.8. The van der Waals surface area contributed by atoms with Crippen LogP contribution in [0.25, 0.3) is 0 Å². The number of nitrogens with two attached hydrogens (primary N) is 1. The molecule has 110 valence electrons. The van der Waals surface area contributed by atoms with Gasteiger partial charge in [-0.2, -0.15) is 4.39 Å². The summed E-state index contributed by atoms with van der Waals surface area (Å²) in [6, 6.07) is 3.70. The maximum Gasteiger partial charge on any atom is 0.323 e. The maximum atomic E-state index is 13.4. The molecule has 0 aromatic heterocycles. The highest BCUT2D eigenvalue weighted by molar-refractivity contribution is 5.79. The Kier molecular flexibility index (Phi) is 4.23. The first kappa shape index (κ1) is 14.7. The molecule has 1 fully saturated rings. The summed E-state index contributed by atoms with van der Waals surface area (Å²) < 4.78 is 31.5. The molecule has 1 aliphatic rings. The number of benzene rings is 1. The SMILES string of the molecule is NC1(C(=O)O)CCCC1CCOc1cccc(F)c1F. The molecule has 3 N–H and O–H groups in total.